The van der Waals surface area contributed by atoms with Crippen molar-refractivity contribution in [2.24, 2.45) is 0 Å². The molecule has 1 N–H and O–H groups in total. The van der Waals surface area contributed by atoms with Gasteiger partial charge in [-0.3, -0.25) is 9.69 Å². The summed E-state index contributed by atoms with van der Waals surface area (Å²) in [6.07, 6.45) is 0.392. The third-order valence-corrected chi connectivity index (χ3v) is 4.10. The lowest BCUT2D eigenvalue weighted by atomic mass is 10.0. The Kier molecular flexibility index (Phi) is 5.93. The Bertz CT molecular complexity index is 896. The van der Waals surface area contributed by atoms with Crippen LogP contribution in [0.15, 0.2) is 59.1 Å². The highest BCUT2D eigenvalue weighted by atomic mass is 19.1. The molecule has 27 heavy (non-hydrogen) atoms. The van der Waals surface area contributed by atoms with Gasteiger partial charge in [-0.2, -0.15) is 4.98 Å². The highest BCUT2D eigenvalue weighted by Gasteiger charge is 2.25. The molecule has 3 aromatic rings. The Morgan fingerprint density at radius 2 is 1.85 bits per heavy atom. The number of carbonyl (C=O) groups excluding carboxylic acids is 1. The summed E-state index contributed by atoms with van der Waals surface area (Å²) in [6, 6.07) is 15.1. The number of hydrogen-bond acceptors (Lipinski definition) is 5. The quantitative estimate of drug-likeness (QED) is 0.694. The first-order chi connectivity index (χ1) is 13.1. The zero-order valence-electron chi connectivity index (χ0n) is 15.2. The van der Waals surface area contributed by atoms with Crippen molar-refractivity contribution >= 4 is 5.91 Å². The number of likely N-dealkylation sites (N-methyl/N-ethyl adjacent to an activating group) is 1. The maximum Gasteiger partial charge on any atom is 0.242 e. The van der Waals surface area contributed by atoms with E-state index in [-0.39, 0.29) is 5.91 Å². The van der Waals surface area contributed by atoms with Crippen LogP contribution in [0.3, 0.4) is 0 Å². The summed E-state index contributed by atoms with van der Waals surface area (Å²) >= 11 is 0. The minimum absolute atomic E-state index is 0.284. The molecule has 140 valence electrons. The van der Waals surface area contributed by atoms with Crippen LogP contribution in [0.2, 0.25) is 0 Å². The third-order valence-electron chi connectivity index (χ3n) is 4.10. The van der Waals surface area contributed by atoms with Crippen molar-refractivity contribution in [2.45, 2.75) is 12.5 Å². The fourth-order valence-electron chi connectivity index (χ4n) is 2.80. The number of halogens is 1. The molecule has 3 rings (SSSR count). The molecular weight excluding hydrogens is 347 g/mol. The normalized spacial score (nSPS) is 12.1. The van der Waals surface area contributed by atoms with Crippen LogP contribution >= 0.6 is 0 Å². The van der Waals surface area contributed by atoms with Crippen molar-refractivity contribution in [1.29, 1.82) is 0 Å². The SMILES string of the molecule is CN(C)[C@H](C(=O)NCCc1nc(-c2ccccc2)no1)c1ccccc1F. The fraction of sp³-hybridized carbons (Fsp3) is 0.250. The second-order valence-corrected chi connectivity index (χ2v) is 6.31. The second kappa shape index (κ2) is 8.55. The van der Waals surface area contributed by atoms with E-state index in [1.807, 2.05) is 30.3 Å². The molecule has 0 fully saturated rings. The second-order valence-electron chi connectivity index (χ2n) is 6.31. The first-order valence-electron chi connectivity index (χ1n) is 8.63. The number of hydrogen-bond donors (Lipinski definition) is 1. The largest absolute Gasteiger partial charge is 0.354 e. The molecule has 0 saturated heterocycles. The van der Waals surface area contributed by atoms with Crippen molar-refractivity contribution in [1.82, 2.24) is 20.4 Å². The molecule has 0 unspecified atom stereocenters. The molecule has 1 atom stereocenters. The summed E-state index contributed by atoms with van der Waals surface area (Å²) in [5, 5.41) is 6.76. The Labute approximate surface area is 157 Å². The van der Waals surface area contributed by atoms with Gasteiger partial charge in [0.15, 0.2) is 0 Å². The lowest BCUT2D eigenvalue weighted by molar-refractivity contribution is -0.125. The van der Waals surface area contributed by atoms with Gasteiger partial charge in [-0.05, 0) is 20.2 Å². The molecular formula is C20H21FN4O2. The standard InChI is InChI=1S/C20H21FN4O2/c1-25(2)18(15-10-6-7-11-16(15)21)20(26)22-13-12-17-23-19(24-27-17)14-8-4-3-5-9-14/h3-11,18H,12-13H2,1-2H3,(H,22,26)/t18-/m0/s1. The van der Waals surface area contributed by atoms with E-state index in [1.54, 1.807) is 37.2 Å². The van der Waals surface area contributed by atoms with Crippen molar-refractivity contribution < 1.29 is 13.7 Å². The van der Waals surface area contributed by atoms with Crippen LogP contribution in [0.1, 0.15) is 17.5 Å². The van der Waals surface area contributed by atoms with Gasteiger partial charge >= 0.3 is 0 Å². The van der Waals surface area contributed by atoms with Gasteiger partial charge in [0.1, 0.15) is 11.9 Å². The monoisotopic (exact) mass is 368 g/mol. The molecule has 7 heteroatoms. The molecule has 0 radical (unpaired) electrons. The number of benzene rings is 2. The maximum absolute atomic E-state index is 14.1. The van der Waals surface area contributed by atoms with Crippen LogP contribution < -0.4 is 5.32 Å². The van der Waals surface area contributed by atoms with E-state index >= 15 is 0 Å². The Balaban J connectivity index is 1.60. The Hall–Kier alpha value is -3.06. The van der Waals surface area contributed by atoms with E-state index in [2.05, 4.69) is 15.5 Å². The average molecular weight is 368 g/mol. The van der Waals surface area contributed by atoms with Gasteiger partial charge < -0.3 is 9.84 Å². The smallest absolute Gasteiger partial charge is 0.242 e. The lowest BCUT2D eigenvalue weighted by Crippen LogP contribution is -2.38. The van der Waals surface area contributed by atoms with Crippen molar-refractivity contribution in [3.8, 4) is 11.4 Å². The van der Waals surface area contributed by atoms with Gasteiger partial charge in [0.2, 0.25) is 17.6 Å². The van der Waals surface area contributed by atoms with Gasteiger partial charge in [0, 0.05) is 24.1 Å². The number of nitrogens with zero attached hydrogens (tertiary/aromatic N) is 3. The topological polar surface area (TPSA) is 71.3 Å². The number of aromatic nitrogens is 2. The molecule has 0 bridgehead atoms. The lowest BCUT2D eigenvalue weighted by Gasteiger charge is -2.24. The summed E-state index contributed by atoms with van der Waals surface area (Å²) in [6.45, 7) is 0.314. The van der Waals surface area contributed by atoms with Crippen LogP contribution in [0, 0.1) is 5.82 Å². The van der Waals surface area contributed by atoms with Gasteiger partial charge in [0.25, 0.3) is 0 Å². The number of amides is 1. The summed E-state index contributed by atoms with van der Waals surface area (Å²) < 4.78 is 19.3. The van der Waals surface area contributed by atoms with Gasteiger partial charge in [-0.15, -0.1) is 0 Å². The van der Waals surface area contributed by atoms with Gasteiger partial charge in [0.05, 0.1) is 0 Å². The van der Waals surface area contributed by atoms with E-state index in [0.717, 1.165) is 5.56 Å². The summed E-state index contributed by atoms with van der Waals surface area (Å²) in [5.41, 5.74) is 1.20. The maximum atomic E-state index is 14.1. The van der Waals surface area contributed by atoms with Crippen LogP contribution in [-0.2, 0) is 11.2 Å². The average Bonchev–Trinajstić information content (AvgIpc) is 3.13. The molecule has 0 spiro atoms. The highest BCUT2D eigenvalue weighted by molar-refractivity contribution is 5.83. The Morgan fingerprint density at radius 3 is 2.56 bits per heavy atom. The van der Waals surface area contributed by atoms with E-state index in [4.69, 9.17) is 4.52 Å². The minimum Gasteiger partial charge on any atom is -0.354 e. The van der Waals surface area contributed by atoms with Crippen molar-refractivity contribution in [2.75, 3.05) is 20.6 Å². The van der Waals surface area contributed by atoms with E-state index < -0.39 is 11.9 Å². The highest BCUT2D eigenvalue weighted by Crippen LogP contribution is 2.21. The molecule has 1 amide bonds. The van der Waals surface area contributed by atoms with Crippen molar-refractivity contribution in [3.63, 3.8) is 0 Å². The molecule has 1 aromatic heterocycles. The summed E-state index contributed by atoms with van der Waals surface area (Å²) in [5.74, 6) is 0.250. The van der Waals surface area contributed by atoms with E-state index in [0.29, 0.717) is 30.2 Å². The third kappa shape index (κ3) is 4.57. The molecule has 0 saturated carbocycles. The van der Waals surface area contributed by atoms with Crippen molar-refractivity contribution in [3.05, 3.63) is 71.9 Å². The predicted octanol–water partition coefficient (Wildman–Crippen LogP) is 2.84. The van der Waals surface area contributed by atoms with Crippen LogP contribution in [-0.4, -0.2) is 41.6 Å². The fourth-order valence-corrected chi connectivity index (χ4v) is 2.80. The van der Waals surface area contributed by atoms with E-state index in [1.165, 1.54) is 6.07 Å². The molecule has 0 aliphatic rings. The molecule has 0 aliphatic carbocycles. The zero-order chi connectivity index (χ0) is 19.2. The zero-order valence-corrected chi connectivity index (χ0v) is 15.2. The minimum atomic E-state index is -0.714. The van der Waals surface area contributed by atoms with Gasteiger partial charge in [-0.25, -0.2) is 4.39 Å². The van der Waals surface area contributed by atoms with E-state index in [9.17, 15) is 9.18 Å². The predicted molar refractivity (Wildman–Crippen MR) is 99.3 cm³/mol. The number of nitrogens with one attached hydrogen (secondary N) is 1. The molecule has 0 aliphatic heterocycles. The number of carbonyl (C=O) groups is 1. The molecule has 2 aromatic carbocycles. The Morgan fingerprint density at radius 1 is 1.15 bits per heavy atom. The van der Waals surface area contributed by atoms with Crippen LogP contribution in [0.5, 0.6) is 0 Å². The first-order valence-corrected chi connectivity index (χ1v) is 8.63. The van der Waals surface area contributed by atoms with Crippen LogP contribution in [0.25, 0.3) is 11.4 Å². The summed E-state index contributed by atoms with van der Waals surface area (Å²) in [4.78, 5) is 18.6. The summed E-state index contributed by atoms with van der Waals surface area (Å²) in [7, 11) is 3.47. The molecule has 6 nitrogen and oxygen atoms in total. The first kappa shape index (κ1) is 18.7. The molecule has 1 heterocycles. The number of rotatable bonds is 7. The van der Waals surface area contributed by atoms with Crippen LogP contribution in [0.4, 0.5) is 4.39 Å². The van der Waals surface area contributed by atoms with Gasteiger partial charge in [-0.1, -0.05) is 53.7 Å².